The van der Waals surface area contributed by atoms with Crippen LogP contribution < -0.4 is 11.1 Å². The standard InChI is InChI=1S/C10H10ClN5O/c1-13-10-15-8(14-9(12)16-10)7-5(11)3-2-4-6(7)17/h2-4,17H,1H3,(H3,12,13,14,15,16). The molecule has 2 rings (SSSR count). The smallest absolute Gasteiger partial charge is 0.227 e. The molecule has 88 valence electrons. The van der Waals surface area contributed by atoms with Gasteiger partial charge in [-0.15, -0.1) is 0 Å². The number of nitrogens with one attached hydrogen (secondary N) is 1. The number of aromatic hydroxyl groups is 1. The van der Waals surface area contributed by atoms with Crippen molar-refractivity contribution in [3.05, 3.63) is 23.2 Å². The summed E-state index contributed by atoms with van der Waals surface area (Å²) in [4.78, 5) is 11.9. The van der Waals surface area contributed by atoms with Crippen molar-refractivity contribution in [2.24, 2.45) is 0 Å². The normalized spacial score (nSPS) is 10.2. The Hall–Kier alpha value is -2.08. The molecule has 0 saturated heterocycles. The summed E-state index contributed by atoms with van der Waals surface area (Å²) >= 11 is 5.99. The van der Waals surface area contributed by atoms with Crippen LogP contribution >= 0.6 is 11.6 Å². The van der Waals surface area contributed by atoms with Gasteiger partial charge in [-0.1, -0.05) is 17.7 Å². The molecule has 1 heterocycles. The second-order valence-electron chi connectivity index (χ2n) is 3.22. The molecule has 0 aliphatic carbocycles. The highest BCUT2D eigenvalue weighted by Crippen LogP contribution is 2.33. The lowest BCUT2D eigenvalue weighted by molar-refractivity contribution is 0.477. The fourth-order valence-electron chi connectivity index (χ4n) is 1.35. The maximum Gasteiger partial charge on any atom is 0.227 e. The van der Waals surface area contributed by atoms with Gasteiger partial charge in [0.25, 0.3) is 0 Å². The molecule has 0 bridgehead atoms. The van der Waals surface area contributed by atoms with Gasteiger partial charge in [-0.2, -0.15) is 15.0 Å². The molecule has 0 unspecified atom stereocenters. The van der Waals surface area contributed by atoms with E-state index in [1.165, 1.54) is 6.07 Å². The Kier molecular flexibility index (Phi) is 2.97. The van der Waals surface area contributed by atoms with Gasteiger partial charge >= 0.3 is 0 Å². The molecule has 0 aliphatic rings. The van der Waals surface area contributed by atoms with Gasteiger partial charge in [0.1, 0.15) is 5.75 Å². The lowest BCUT2D eigenvalue weighted by atomic mass is 10.2. The highest BCUT2D eigenvalue weighted by Gasteiger charge is 2.13. The van der Waals surface area contributed by atoms with Crippen molar-refractivity contribution in [1.82, 2.24) is 15.0 Å². The predicted octanol–water partition coefficient (Wildman–Crippen LogP) is 1.52. The summed E-state index contributed by atoms with van der Waals surface area (Å²) in [6.07, 6.45) is 0. The summed E-state index contributed by atoms with van der Waals surface area (Å²) in [7, 11) is 1.66. The molecule has 4 N–H and O–H groups in total. The van der Waals surface area contributed by atoms with E-state index < -0.39 is 0 Å². The van der Waals surface area contributed by atoms with Crippen LogP contribution in [0.5, 0.6) is 5.75 Å². The molecule has 1 aromatic heterocycles. The van der Waals surface area contributed by atoms with E-state index in [1.807, 2.05) is 0 Å². The van der Waals surface area contributed by atoms with Gasteiger partial charge in [0.2, 0.25) is 11.9 Å². The summed E-state index contributed by atoms with van der Waals surface area (Å²) in [5.74, 6) is 0.584. The van der Waals surface area contributed by atoms with Gasteiger partial charge < -0.3 is 16.2 Å². The Balaban J connectivity index is 2.64. The molecular formula is C10H10ClN5O. The molecule has 7 heteroatoms. The lowest BCUT2D eigenvalue weighted by Gasteiger charge is -2.07. The topological polar surface area (TPSA) is 97.0 Å². The minimum Gasteiger partial charge on any atom is -0.507 e. The zero-order valence-electron chi connectivity index (χ0n) is 8.98. The third kappa shape index (κ3) is 2.21. The fourth-order valence-corrected chi connectivity index (χ4v) is 1.60. The zero-order valence-corrected chi connectivity index (χ0v) is 9.73. The van der Waals surface area contributed by atoms with Crippen molar-refractivity contribution in [3.8, 4) is 17.1 Å². The minimum absolute atomic E-state index is 0.00912. The second kappa shape index (κ2) is 4.42. The van der Waals surface area contributed by atoms with Crippen molar-refractivity contribution in [1.29, 1.82) is 0 Å². The van der Waals surface area contributed by atoms with E-state index in [-0.39, 0.29) is 17.5 Å². The number of phenolic OH excluding ortho intramolecular Hbond substituents is 1. The van der Waals surface area contributed by atoms with Gasteiger partial charge in [0.15, 0.2) is 5.82 Å². The first kappa shape index (κ1) is 11.4. The van der Waals surface area contributed by atoms with E-state index in [0.717, 1.165) is 0 Å². The predicted molar refractivity (Wildman–Crippen MR) is 65.9 cm³/mol. The monoisotopic (exact) mass is 251 g/mol. The van der Waals surface area contributed by atoms with Crippen LogP contribution in [0.1, 0.15) is 0 Å². The molecule has 0 radical (unpaired) electrons. The van der Waals surface area contributed by atoms with Crippen LogP contribution in [0.25, 0.3) is 11.4 Å². The van der Waals surface area contributed by atoms with Gasteiger partial charge in [0.05, 0.1) is 10.6 Å². The number of aromatic nitrogens is 3. The van der Waals surface area contributed by atoms with Crippen molar-refractivity contribution in [3.63, 3.8) is 0 Å². The number of phenols is 1. The molecule has 0 saturated carbocycles. The van der Waals surface area contributed by atoms with Gasteiger partial charge in [-0.05, 0) is 12.1 Å². The van der Waals surface area contributed by atoms with Crippen LogP contribution in [0.4, 0.5) is 11.9 Å². The molecule has 0 spiro atoms. The van der Waals surface area contributed by atoms with Crippen LogP contribution in [-0.2, 0) is 0 Å². The second-order valence-corrected chi connectivity index (χ2v) is 3.63. The molecule has 6 nitrogen and oxygen atoms in total. The van der Waals surface area contributed by atoms with Gasteiger partial charge in [0, 0.05) is 7.05 Å². The molecule has 0 aliphatic heterocycles. The summed E-state index contributed by atoms with van der Waals surface area (Å²) < 4.78 is 0. The van der Waals surface area contributed by atoms with E-state index in [2.05, 4.69) is 20.3 Å². The maximum atomic E-state index is 9.75. The first-order valence-corrected chi connectivity index (χ1v) is 5.16. The number of benzene rings is 1. The molecule has 1 aromatic carbocycles. The SMILES string of the molecule is CNc1nc(N)nc(-c2c(O)cccc2Cl)n1. The Bertz CT molecular complexity index is 540. The van der Waals surface area contributed by atoms with Crippen LogP contribution in [0, 0.1) is 0 Å². The number of anilines is 2. The molecule has 2 aromatic rings. The van der Waals surface area contributed by atoms with E-state index in [9.17, 15) is 5.11 Å². The van der Waals surface area contributed by atoms with Gasteiger partial charge in [-0.25, -0.2) is 0 Å². The summed E-state index contributed by atoms with van der Waals surface area (Å²) in [5.41, 5.74) is 5.88. The third-order valence-corrected chi connectivity index (χ3v) is 2.41. The largest absolute Gasteiger partial charge is 0.507 e. The Morgan fingerprint density at radius 3 is 2.71 bits per heavy atom. The summed E-state index contributed by atoms with van der Waals surface area (Å²) in [6, 6.07) is 4.76. The number of nitrogens with two attached hydrogens (primary N) is 1. The maximum absolute atomic E-state index is 9.75. The summed E-state index contributed by atoms with van der Waals surface area (Å²) in [6.45, 7) is 0. The van der Waals surface area contributed by atoms with Crippen molar-refractivity contribution >= 4 is 23.5 Å². The number of hydrogen-bond acceptors (Lipinski definition) is 6. The number of nitrogen functional groups attached to an aromatic ring is 1. The third-order valence-electron chi connectivity index (χ3n) is 2.09. The Morgan fingerprint density at radius 2 is 2.06 bits per heavy atom. The zero-order chi connectivity index (χ0) is 12.4. The molecule has 17 heavy (non-hydrogen) atoms. The van der Waals surface area contributed by atoms with Crippen molar-refractivity contribution in [2.45, 2.75) is 0 Å². The average Bonchev–Trinajstić information content (AvgIpc) is 2.28. The lowest BCUT2D eigenvalue weighted by Crippen LogP contribution is -2.04. The number of nitrogens with zero attached hydrogens (tertiary/aromatic N) is 3. The van der Waals surface area contributed by atoms with E-state index in [1.54, 1.807) is 19.2 Å². The average molecular weight is 252 g/mol. The van der Waals surface area contributed by atoms with Crippen LogP contribution in [0.2, 0.25) is 5.02 Å². The van der Waals surface area contributed by atoms with Gasteiger partial charge in [-0.3, -0.25) is 0 Å². The quantitative estimate of drug-likeness (QED) is 0.749. The highest BCUT2D eigenvalue weighted by molar-refractivity contribution is 6.33. The van der Waals surface area contributed by atoms with Crippen molar-refractivity contribution < 1.29 is 5.11 Å². The Labute approximate surface area is 102 Å². The van der Waals surface area contributed by atoms with E-state index in [0.29, 0.717) is 16.5 Å². The molecule has 0 atom stereocenters. The number of halogens is 1. The summed E-state index contributed by atoms with van der Waals surface area (Å²) in [5, 5.41) is 12.8. The van der Waals surface area contributed by atoms with Crippen molar-refractivity contribution in [2.75, 3.05) is 18.1 Å². The first-order valence-electron chi connectivity index (χ1n) is 4.79. The first-order chi connectivity index (χ1) is 8.11. The number of hydrogen-bond donors (Lipinski definition) is 3. The highest BCUT2D eigenvalue weighted by atomic mass is 35.5. The minimum atomic E-state index is -0.00912. The van der Waals surface area contributed by atoms with Crippen LogP contribution in [0.15, 0.2) is 18.2 Å². The van der Waals surface area contributed by atoms with Crippen LogP contribution in [0.3, 0.4) is 0 Å². The van der Waals surface area contributed by atoms with Crippen LogP contribution in [-0.4, -0.2) is 27.1 Å². The molecular weight excluding hydrogens is 242 g/mol. The number of rotatable bonds is 2. The van der Waals surface area contributed by atoms with E-state index >= 15 is 0 Å². The van der Waals surface area contributed by atoms with E-state index in [4.69, 9.17) is 17.3 Å². The molecule has 0 amide bonds. The fraction of sp³-hybridized carbons (Fsp3) is 0.100. The Morgan fingerprint density at radius 1 is 1.29 bits per heavy atom. The molecule has 0 fully saturated rings.